The van der Waals surface area contributed by atoms with Crippen molar-refractivity contribution in [2.45, 2.75) is 32.4 Å². The number of ether oxygens (including phenoxy) is 2. The SMILES string of the molecule is CC1(C)Cc2cccc(OCC(=O)NCc3cccc(C(N)=O)c3)c2O1. The van der Waals surface area contributed by atoms with Gasteiger partial charge >= 0.3 is 0 Å². The number of carbonyl (C=O) groups excluding carboxylic acids is 2. The van der Waals surface area contributed by atoms with E-state index in [1.54, 1.807) is 24.3 Å². The Kier molecular flexibility index (Phi) is 4.84. The molecular formula is C20H22N2O4. The van der Waals surface area contributed by atoms with Gasteiger partial charge in [0.1, 0.15) is 5.60 Å². The van der Waals surface area contributed by atoms with Crippen LogP contribution in [0.25, 0.3) is 0 Å². The molecule has 2 amide bonds. The Hall–Kier alpha value is -3.02. The second kappa shape index (κ2) is 7.07. The number of fused-ring (bicyclic) bond motifs is 1. The minimum atomic E-state index is -0.498. The van der Waals surface area contributed by atoms with Crippen molar-refractivity contribution in [3.63, 3.8) is 0 Å². The van der Waals surface area contributed by atoms with Crippen molar-refractivity contribution in [2.75, 3.05) is 6.61 Å². The van der Waals surface area contributed by atoms with E-state index < -0.39 is 5.91 Å². The van der Waals surface area contributed by atoms with Gasteiger partial charge in [0.25, 0.3) is 5.91 Å². The zero-order valence-corrected chi connectivity index (χ0v) is 14.9. The molecule has 0 saturated heterocycles. The van der Waals surface area contributed by atoms with Crippen LogP contribution in [0, 0.1) is 0 Å². The highest BCUT2D eigenvalue weighted by Gasteiger charge is 2.32. The van der Waals surface area contributed by atoms with E-state index >= 15 is 0 Å². The predicted octanol–water partition coefficient (Wildman–Crippen LogP) is 2.19. The molecule has 6 nitrogen and oxygen atoms in total. The first kappa shape index (κ1) is 17.8. The summed E-state index contributed by atoms with van der Waals surface area (Å²) in [6, 6.07) is 12.5. The maximum absolute atomic E-state index is 12.1. The standard InChI is InChI=1S/C20H22N2O4/c1-20(2)10-15-7-4-8-16(18(15)26-20)25-12-17(23)22-11-13-5-3-6-14(9-13)19(21)24/h3-9H,10-12H2,1-2H3,(H2,21,24)(H,22,23). The molecule has 0 spiro atoms. The van der Waals surface area contributed by atoms with Crippen molar-refractivity contribution < 1.29 is 19.1 Å². The molecule has 0 bridgehead atoms. The van der Waals surface area contributed by atoms with E-state index in [-0.39, 0.29) is 18.1 Å². The van der Waals surface area contributed by atoms with Crippen LogP contribution in [-0.4, -0.2) is 24.0 Å². The molecule has 1 aliphatic rings. The van der Waals surface area contributed by atoms with Gasteiger partial charge in [-0.15, -0.1) is 0 Å². The third-order valence-corrected chi connectivity index (χ3v) is 4.11. The first-order chi connectivity index (χ1) is 12.3. The fraction of sp³-hybridized carbons (Fsp3) is 0.300. The molecule has 0 saturated carbocycles. The van der Waals surface area contributed by atoms with Gasteiger partial charge in [-0.25, -0.2) is 0 Å². The van der Waals surface area contributed by atoms with Crippen molar-refractivity contribution >= 4 is 11.8 Å². The Morgan fingerprint density at radius 3 is 2.77 bits per heavy atom. The van der Waals surface area contributed by atoms with E-state index in [1.165, 1.54) is 0 Å². The normalized spacial score (nSPS) is 14.2. The van der Waals surface area contributed by atoms with E-state index in [0.717, 1.165) is 17.5 Å². The van der Waals surface area contributed by atoms with Crippen LogP contribution in [0.4, 0.5) is 0 Å². The van der Waals surface area contributed by atoms with Crippen LogP contribution in [0.15, 0.2) is 42.5 Å². The van der Waals surface area contributed by atoms with Crippen molar-refractivity contribution in [1.29, 1.82) is 0 Å². The van der Waals surface area contributed by atoms with Gasteiger partial charge in [0.15, 0.2) is 18.1 Å². The van der Waals surface area contributed by atoms with Crippen LogP contribution in [-0.2, 0) is 17.8 Å². The number of hydrogen-bond donors (Lipinski definition) is 2. The molecule has 2 aromatic rings. The Balaban J connectivity index is 1.55. The molecular weight excluding hydrogens is 332 g/mol. The number of carbonyl (C=O) groups is 2. The fourth-order valence-corrected chi connectivity index (χ4v) is 2.93. The minimum Gasteiger partial charge on any atom is -0.483 e. The van der Waals surface area contributed by atoms with Gasteiger partial charge in [-0.3, -0.25) is 9.59 Å². The van der Waals surface area contributed by atoms with Gasteiger partial charge in [-0.1, -0.05) is 24.3 Å². The predicted molar refractivity (Wildman–Crippen MR) is 97.2 cm³/mol. The molecule has 6 heteroatoms. The summed E-state index contributed by atoms with van der Waals surface area (Å²) in [5.41, 5.74) is 7.27. The Morgan fingerprint density at radius 1 is 1.23 bits per heavy atom. The number of primary amides is 1. The summed E-state index contributed by atoms with van der Waals surface area (Å²) in [4.78, 5) is 23.3. The highest BCUT2D eigenvalue weighted by molar-refractivity contribution is 5.92. The monoisotopic (exact) mass is 354 g/mol. The molecule has 26 heavy (non-hydrogen) atoms. The lowest BCUT2D eigenvalue weighted by atomic mass is 10.0. The maximum Gasteiger partial charge on any atom is 0.258 e. The van der Waals surface area contributed by atoms with Crippen LogP contribution >= 0.6 is 0 Å². The zero-order chi connectivity index (χ0) is 18.7. The summed E-state index contributed by atoms with van der Waals surface area (Å²) >= 11 is 0. The third-order valence-electron chi connectivity index (χ3n) is 4.11. The summed E-state index contributed by atoms with van der Waals surface area (Å²) in [6.07, 6.45) is 0.807. The summed E-state index contributed by atoms with van der Waals surface area (Å²) in [5.74, 6) is 0.519. The molecule has 3 N–H and O–H groups in total. The summed E-state index contributed by atoms with van der Waals surface area (Å²) in [6.45, 7) is 4.21. The van der Waals surface area contributed by atoms with Crippen molar-refractivity contribution in [2.24, 2.45) is 5.73 Å². The fourth-order valence-electron chi connectivity index (χ4n) is 2.93. The summed E-state index contributed by atoms with van der Waals surface area (Å²) in [7, 11) is 0. The van der Waals surface area contributed by atoms with Gasteiger partial charge in [0.05, 0.1) is 0 Å². The highest BCUT2D eigenvalue weighted by atomic mass is 16.5. The largest absolute Gasteiger partial charge is 0.483 e. The molecule has 136 valence electrons. The quantitative estimate of drug-likeness (QED) is 0.832. The van der Waals surface area contributed by atoms with Gasteiger partial charge in [-0.2, -0.15) is 0 Å². The lowest BCUT2D eigenvalue weighted by molar-refractivity contribution is -0.123. The van der Waals surface area contributed by atoms with Crippen molar-refractivity contribution in [1.82, 2.24) is 5.32 Å². The first-order valence-corrected chi connectivity index (χ1v) is 8.43. The Labute approximate surface area is 152 Å². The van der Waals surface area contributed by atoms with Crippen LogP contribution in [0.3, 0.4) is 0 Å². The number of nitrogens with one attached hydrogen (secondary N) is 1. The number of benzene rings is 2. The van der Waals surface area contributed by atoms with Crippen molar-refractivity contribution in [3.05, 3.63) is 59.2 Å². The summed E-state index contributed by atoms with van der Waals surface area (Å²) in [5, 5.41) is 2.76. The minimum absolute atomic E-state index is 0.115. The number of nitrogens with two attached hydrogens (primary N) is 1. The number of amides is 2. The molecule has 2 aromatic carbocycles. The molecule has 0 aliphatic carbocycles. The molecule has 0 atom stereocenters. The molecule has 0 fully saturated rings. The number of para-hydroxylation sites is 1. The lowest BCUT2D eigenvalue weighted by Crippen LogP contribution is -2.28. The molecule has 1 heterocycles. The third kappa shape index (κ3) is 4.14. The second-order valence-electron chi connectivity index (χ2n) is 6.91. The van der Waals surface area contributed by atoms with Gasteiger partial charge in [-0.05, 0) is 37.6 Å². The maximum atomic E-state index is 12.1. The van der Waals surface area contributed by atoms with Gasteiger partial charge in [0.2, 0.25) is 5.91 Å². The van der Waals surface area contributed by atoms with E-state index in [4.69, 9.17) is 15.2 Å². The number of rotatable bonds is 6. The van der Waals surface area contributed by atoms with Gasteiger partial charge in [0, 0.05) is 24.1 Å². The molecule has 3 rings (SSSR count). The van der Waals surface area contributed by atoms with Crippen LogP contribution in [0.2, 0.25) is 0 Å². The summed E-state index contributed by atoms with van der Waals surface area (Å²) < 4.78 is 11.6. The van der Waals surface area contributed by atoms with Gasteiger partial charge < -0.3 is 20.5 Å². The van der Waals surface area contributed by atoms with E-state index in [0.29, 0.717) is 23.6 Å². The average Bonchev–Trinajstić information content (AvgIpc) is 2.92. The number of hydrogen-bond acceptors (Lipinski definition) is 4. The van der Waals surface area contributed by atoms with Crippen molar-refractivity contribution in [3.8, 4) is 11.5 Å². The van der Waals surface area contributed by atoms with Crippen LogP contribution in [0.1, 0.15) is 35.3 Å². The molecule has 1 aliphatic heterocycles. The second-order valence-corrected chi connectivity index (χ2v) is 6.91. The molecule has 0 aromatic heterocycles. The zero-order valence-electron chi connectivity index (χ0n) is 14.9. The average molecular weight is 354 g/mol. The Morgan fingerprint density at radius 2 is 2.00 bits per heavy atom. The van der Waals surface area contributed by atoms with E-state index in [9.17, 15) is 9.59 Å². The molecule has 0 unspecified atom stereocenters. The van der Waals surface area contributed by atoms with Crippen LogP contribution < -0.4 is 20.5 Å². The Bertz CT molecular complexity index is 845. The van der Waals surface area contributed by atoms with E-state index in [2.05, 4.69) is 5.32 Å². The molecule has 0 radical (unpaired) electrons. The lowest BCUT2D eigenvalue weighted by Gasteiger charge is -2.18. The highest BCUT2D eigenvalue weighted by Crippen LogP contribution is 2.41. The van der Waals surface area contributed by atoms with E-state index in [1.807, 2.05) is 32.0 Å². The smallest absolute Gasteiger partial charge is 0.258 e. The van der Waals surface area contributed by atoms with Crippen LogP contribution in [0.5, 0.6) is 11.5 Å². The first-order valence-electron chi connectivity index (χ1n) is 8.43. The topological polar surface area (TPSA) is 90.6 Å².